The number of aromatic nitrogens is 1. The predicted octanol–water partition coefficient (Wildman–Crippen LogP) is 5.03. The molecule has 0 saturated heterocycles. The highest BCUT2D eigenvalue weighted by Gasteiger charge is 2.42. The van der Waals surface area contributed by atoms with E-state index in [-0.39, 0.29) is 12.3 Å². The first-order chi connectivity index (χ1) is 14.2. The van der Waals surface area contributed by atoms with Crippen LogP contribution >= 0.6 is 0 Å². The molecule has 0 N–H and O–H groups in total. The van der Waals surface area contributed by atoms with Gasteiger partial charge in [-0.2, -0.15) is 5.10 Å². The molecule has 5 heteroatoms. The Morgan fingerprint density at radius 3 is 2.62 bits per heavy atom. The third kappa shape index (κ3) is 3.12. The molecule has 0 radical (unpaired) electrons. The number of pyridine rings is 1. The van der Waals surface area contributed by atoms with Gasteiger partial charge in [0.15, 0.2) is 11.5 Å². The minimum absolute atomic E-state index is 0.105. The molecule has 2 atom stereocenters. The Kier molecular flexibility index (Phi) is 4.43. The summed E-state index contributed by atoms with van der Waals surface area (Å²) in [6, 6.07) is 18.7. The third-order valence-corrected chi connectivity index (χ3v) is 5.46. The lowest BCUT2D eigenvalue weighted by Crippen LogP contribution is -2.33. The fourth-order valence-electron chi connectivity index (χ4n) is 4.02. The first kappa shape index (κ1) is 17.7. The quantitative estimate of drug-likeness (QED) is 0.632. The van der Waals surface area contributed by atoms with E-state index >= 15 is 0 Å². The minimum Gasteiger partial charge on any atom is -0.490 e. The maximum atomic E-state index is 6.48. The summed E-state index contributed by atoms with van der Waals surface area (Å²) in [6.07, 6.45) is 4.09. The summed E-state index contributed by atoms with van der Waals surface area (Å²) >= 11 is 0. The van der Waals surface area contributed by atoms with E-state index in [1.54, 1.807) is 12.4 Å². The molecule has 2 unspecified atom stereocenters. The molecule has 5 rings (SSSR count). The summed E-state index contributed by atoms with van der Waals surface area (Å²) in [7, 11) is 0. The van der Waals surface area contributed by atoms with Crippen LogP contribution in [0, 0.1) is 6.92 Å². The number of hydrogen-bond acceptors (Lipinski definition) is 5. The number of hydrogen-bond donors (Lipinski definition) is 0. The number of ether oxygens (including phenoxy) is 2. The highest BCUT2D eigenvalue weighted by atomic mass is 16.5. The summed E-state index contributed by atoms with van der Waals surface area (Å²) in [5, 5.41) is 7.09. The fourth-order valence-corrected chi connectivity index (χ4v) is 4.02. The Morgan fingerprint density at radius 2 is 1.86 bits per heavy atom. The molecule has 3 aromatic rings. The van der Waals surface area contributed by atoms with Crippen LogP contribution in [0.1, 0.15) is 47.9 Å². The molecule has 2 aliphatic heterocycles. The van der Waals surface area contributed by atoms with Crippen LogP contribution in [-0.4, -0.2) is 22.3 Å². The van der Waals surface area contributed by atoms with E-state index in [1.165, 1.54) is 5.56 Å². The normalized spacial score (nSPS) is 19.8. The lowest BCUT2D eigenvalue weighted by molar-refractivity contribution is -0.0212. The number of para-hydroxylation sites is 1. The Bertz CT molecular complexity index is 1050. The van der Waals surface area contributed by atoms with Crippen molar-refractivity contribution in [1.29, 1.82) is 0 Å². The number of fused-ring (bicyclic) bond motifs is 3. The zero-order valence-corrected chi connectivity index (χ0v) is 16.6. The number of hydrazone groups is 1. The van der Waals surface area contributed by atoms with Gasteiger partial charge in [-0.05, 0) is 37.6 Å². The molecule has 0 fully saturated rings. The Hall–Kier alpha value is -3.34. The first-order valence-electron chi connectivity index (χ1n) is 9.99. The molecule has 0 bridgehead atoms. The average molecular weight is 385 g/mol. The second kappa shape index (κ2) is 7.24. The molecule has 5 nitrogen and oxygen atoms in total. The van der Waals surface area contributed by atoms with Crippen LogP contribution in [0.5, 0.6) is 11.5 Å². The van der Waals surface area contributed by atoms with Gasteiger partial charge in [0.2, 0.25) is 6.23 Å². The number of benzene rings is 2. The average Bonchev–Trinajstić information content (AvgIpc) is 3.20. The van der Waals surface area contributed by atoms with Gasteiger partial charge < -0.3 is 9.47 Å². The van der Waals surface area contributed by atoms with Crippen LogP contribution in [0.15, 0.2) is 72.1 Å². The molecule has 0 spiro atoms. The molecular weight excluding hydrogens is 362 g/mol. The third-order valence-electron chi connectivity index (χ3n) is 5.46. The molecule has 29 heavy (non-hydrogen) atoms. The van der Waals surface area contributed by atoms with Crippen molar-refractivity contribution in [3.63, 3.8) is 0 Å². The van der Waals surface area contributed by atoms with E-state index in [9.17, 15) is 0 Å². The second-order valence-corrected chi connectivity index (χ2v) is 7.37. The van der Waals surface area contributed by atoms with Crippen LogP contribution in [0.2, 0.25) is 0 Å². The molecule has 3 heterocycles. The highest BCUT2D eigenvalue weighted by Crippen LogP contribution is 2.50. The van der Waals surface area contributed by atoms with E-state index in [0.29, 0.717) is 6.61 Å². The van der Waals surface area contributed by atoms with Crippen molar-refractivity contribution in [3.8, 4) is 11.5 Å². The summed E-state index contributed by atoms with van der Waals surface area (Å²) in [4.78, 5) is 4.15. The van der Waals surface area contributed by atoms with Gasteiger partial charge in [-0.15, -0.1) is 0 Å². The summed E-state index contributed by atoms with van der Waals surface area (Å²) in [6.45, 7) is 4.69. The molecule has 2 aliphatic rings. The first-order valence-corrected chi connectivity index (χ1v) is 9.99. The smallest absolute Gasteiger partial charge is 0.214 e. The van der Waals surface area contributed by atoms with Gasteiger partial charge >= 0.3 is 0 Å². The highest BCUT2D eigenvalue weighted by molar-refractivity contribution is 6.02. The van der Waals surface area contributed by atoms with Crippen LogP contribution in [-0.2, 0) is 0 Å². The van der Waals surface area contributed by atoms with Crippen molar-refractivity contribution < 1.29 is 9.47 Å². The van der Waals surface area contributed by atoms with Crippen LogP contribution in [0.25, 0.3) is 0 Å². The molecule has 0 saturated carbocycles. The van der Waals surface area contributed by atoms with Crippen molar-refractivity contribution in [3.05, 3.63) is 89.2 Å². The van der Waals surface area contributed by atoms with E-state index in [0.717, 1.165) is 40.3 Å². The van der Waals surface area contributed by atoms with Crippen LogP contribution in [0.4, 0.5) is 0 Å². The molecular formula is C24H23N3O2. The van der Waals surface area contributed by atoms with Gasteiger partial charge in [-0.25, -0.2) is 5.01 Å². The van der Waals surface area contributed by atoms with Crippen molar-refractivity contribution in [2.24, 2.45) is 5.10 Å². The topological polar surface area (TPSA) is 47.0 Å². The molecule has 146 valence electrons. The van der Waals surface area contributed by atoms with Gasteiger partial charge in [0.25, 0.3) is 0 Å². The van der Waals surface area contributed by atoms with Crippen LogP contribution < -0.4 is 9.47 Å². The largest absolute Gasteiger partial charge is 0.490 e. The van der Waals surface area contributed by atoms with Gasteiger partial charge in [0, 0.05) is 29.9 Å². The second-order valence-electron chi connectivity index (χ2n) is 7.37. The molecule has 0 amide bonds. The summed E-state index contributed by atoms with van der Waals surface area (Å²) < 4.78 is 12.4. The summed E-state index contributed by atoms with van der Waals surface area (Å²) in [5.41, 5.74) is 5.62. The monoisotopic (exact) mass is 385 g/mol. The van der Waals surface area contributed by atoms with Crippen molar-refractivity contribution >= 4 is 5.71 Å². The van der Waals surface area contributed by atoms with E-state index in [2.05, 4.69) is 47.2 Å². The van der Waals surface area contributed by atoms with Gasteiger partial charge in [-0.1, -0.05) is 42.0 Å². The maximum absolute atomic E-state index is 6.48. The SMILES string of the molecule is CCOc1cccc2c1OC(c1ccncc1)N1N=C(c3ccc(C)cc3)CC21. The van der Waals surface area contributed by atoms with Gasteiger partial charge in [0.05, 0.1) is 18.4 Å². The zero-order chi connectivity index (χ0) is 19.8. The minimum atomic E-state index is -0.319. The predicted molar refractivity (Wildman–Crippen MR) is 112 cm³/mol. The zero-order valence-electron chi connectivity index (χ0n) is 16.6. The number of nitrogens with zero attached hydrogens (tertiary/aromatic N) is 3. The van der Waals surface area contributed by atoms with E-state index in [4.69, 9.17) is 14.6 Å². The lowest BCUT2D eigenvalue weighted by Gasteiger charge is -2.38. The van der Waals surface area contributed by atoms with Crippen molar-refractivity contribution in [2.45, 2.75) is 32.5 Å². The Labute approximate surface area is 170 Å². The Morgan fingerprint density at radius 1 is 1.07 bits per heavy atom. The number of aryl methyl sites for hydroxylation is 1. The van der Waals surface area contributed by atoms with E-state index < -0.39 is 0 Å². The summed E-state index contributed by atoms with van der Waals surface area (Å²) in [5.74, 6) is 1.60. The number of rotatable bonds is 4. The van der Waals surface area contributed by atoms with Gasteiger partial charge in [-0.3, -0.25) is 4.98 Å². The van der Waals surface area contributed by atoms with Crippen molar-refractivity contribution in [2.75, 3.05) is 6.61 Å². The maximum Gasteiger partial charge on any atom is 0.214 e. The van der Waals surface area contributed by atoms with Crippen LogP contribution in [0.3, 0.4) is 0 Å². The molecule has 1 aromatic heterocycles. The standard InChI is InChI=1S/C24H23N3O2/c1-3-28-22-6-4-5-19-21-15-20(17-9-7-16(2)8-10-17)26-27(21)24(29-23(19)22)18-11-13-25-14-12-18/h4-14,21,24H,3,15H2,1-2H3. The Balaban J connectivity index is 1.60. The van der Waals surface area contributed by atoms with Crippen molar-refractivity contribution in [1.82, 2.24) is 9.99 Å². The lowest BCUT2D eigenvalue weighted by atomic mass is 9.95. The van der Waals surface area contributed by atoms with E-state index in [1.807, 2.05) is 31.2 Å². The molecule has 0 aliphatic carbocycles. The van der Waals surface area contributed by atoms with Gasteiger partial charge in [0.1, 0.15) is 0 Å². The molecule has 2 aromatic carbocycles. The fraction of sp³-hybridized carbons (Fsp3) is 0.250.